The third-order valence-electron chi connectivity index (χ3n) is 1.87. The maximum Gasteiger partial charge on any atom is 0.156 e. The van der Waals surface area contributed by atoms with E-state index in [4.69, 9.17) is 32.7 Å². The number of hydrogen-bond donors (Lipinski definition) is 0. The molecule has 0 spiro atoms. The average Bonchev–Trinajstić information content (AvgIpc) is 2.27. The zero-order chi connectivity index (χ0) is 10.6. The highest BCUT2D eigenvalue weighted by molar-refractivity contribution is 6.20. The van der Waals surface area contributed by atoms with Gasteiger partial charge < -0.3 is 9.47 Å². The van der Waals surface area contributed by atoms with Crippen molar-refractivity contribution in [3.8, 4) is 0 Å². The summed E-state index contributed by atoms with van der Waals surface area (Å²) in [5.41, 5.74) is 0.969. The first-order chi connectivity index (χ1) is 6.69. The third kappa shape index (κ3) is 2.85. The van der Waals surface area contributed by atoms with Crippen molar-refractivity contribution in [2.24, 2.45) is 0 Å². The van der Waals surface area contributed by atoms with E-state index >= 15 is 0 Å². The monoisotopic (exact) mass is 234 g/mol. The number of methoxy groups -OCH3 is 2. The quantitative estimate of drug-likeness (QED) is 0.744. The molecule has 4 heteroatoms. The number of rotatable bonds is 4. The lowest BCUT2D eigenvalue weighted by Crippen LogP contribution is -1.96. The Bertz CT molecular complexity index is 245. The molecule has 1 rings (SSSR count). The zero-order valence-electron chi connectivity index (χ0n) is 8.04. The molecule has 2 unspecified atom stereocenters. The minimum atomic E-state index is -0.416. The molecular weight excluding hydrogens is 223 g/mol. The highest BCUT2D eigenvalue weighted by atomic mass is 35.5. The first kappa shape index (κ1) is 11.8. The van der Waals surface area contributed by atoms with E-state index in [0.717, 1.165) is 11.1 Å². The summed E-state index contributed by atoms with van der Waals surface area (Å²) in [6.07, 6.45) is 0. The second-order valence-electron chi connectivity index (χ2n) is 2.77. The highest BCUT2D eigenvalue weighted by Crippen LogP contribution is 2.25. The van der Waals surface area contributed by atoms with E-state index in [-0.39, 0.29) is 0 Å². The van der Waals surface area contributed by atoms with Crippen molar-refractivity contribution in [1.82, 2.24) is 0 Å². The molecule has 1 aromatic rings. The normalized spacial score (nSPS) is 15.1. The average molecular weight is 235 g/mol. The summed E-state index contributed by atoms with van der Waals surface area (Å²) in [6, 6.07) is 7.46. The molecule has 1 aromatic carbocycles. The second kappa shape index (κ2) is 5.56. The van der Waals surface area contributed by atoms with Crippen LogP contribution in [0, 0.1) is 0 Å². The summed E-state index contributed by atoms with van der Waals surface area (Å²) >= 11 is 11.7. The van der Waals surface area contributed by atoms with E-state index in [9.17, 15) is 0 Å². The van der Waals surface area contributed by atoms with Crippen molar-refractivity contribution in [3.63, 3.8) is 0 Å². The largest absolute Gasteiger partial charge is 0.361 e. The maximum atomic E-state index is 5.87. The first-order valence-corrected chi connectivity index (χ1v) is 5.00. The zero-order valence-corrected chi connectivity index (χ0v) is 9.55. The highest BCUT2D eigenvalue weighted by Gasteiger charge is 2.08. The van der Waals surface area contributed by atoms with Gasteiger partial charge in [0.05, 0.1) is 0 Å². The Morgan fingerprint density at radius 2 is 1.14 bits per heavy atom. The lowest BCUT2D eigenvalue weighted by molar-refractivity contribution is 0.167. The van der Waals surface area contributed by atoms with Crippen molar-refractivity contribution < 1.29 is 9.47 Å². The Balaban J connectivity index is 2.78. The molecule has 0 aliphatic carbocycles. The van der Waals surface area contributed by atoms with Crippen LogP contribution in [-0.2, 0) is 9.47 Å². The van der Waals surface area contributed by atoms with Crippen molar-refractivity contribution in [2.75, 3.05) is 14.2 Å². The van der Waals surface area contributed by atoms with Crippen LogP contribution < -0.4 is 0 Å². The Hall–Kier alpha value is -0.280. The van der Waals surface area contributed by atoms with E-state index in [1.165, 1.54) is 0 Å². The van der Waals surface area contributed by atoms with Gasteiger partial charge in [-0.05, 0) is 11.1 Å². The van der Waals surface area contributed by atoms with E-state index in [1.54, 1.807) is 14.2 Å². The Morgan fingerprint density at radius 1 is 0.857 bits per heavy atom. The van der Waals surface area contributed by atoms with Crippen LogP contribution in [0.4, 0.5) is 0 Å². The van der Waals surface area contributed by atoms with Gasteiger partial charge in [0.25, 0.3) is 0 Å². The molecule has 0 saturated carbocycles. The fourth-order valence-electron chi connectivity index (χ4n) is 1.07. The van der Waals surface area contributed by atoms with Gasteiger partial charge in [0.1, 0.15) is 0 Å². The minimum Gasteiger partial charge on any atom is -0.361 e. The molecule has 0 heterocycles. The standard InChI is InChI=1S/C10H12Cl2O2/c1-13-9(11)7-3-5-8(6-4-7)10(12)14-2/h3-6,9-10H,1-2H3. The molecule has 14 heavy (non-hydrogen) atoms. The van der Waals surface area contributed by atoms with Gasteiger partial charge in [-0.1, -0.05) is 47.5 Å². The van der Waals surface area contributed by atoms with Crippen LogP contribution in [-0.4, -0.2) is 14.2 Å². The summed E-state index contributed by atoms with van der Waals surface area (Å²) in [5.74, 6) is 0. The van der Waals surface area contributed by atoms with Crippen LogP contribution in [0.5, 0.6) is 0 Å². The van der Waals surface area contributed by atoms with Gasteiger partial charge >= 0.3 is 0 Å². The van der Waals surface area contributed by atoms with Crippen LogP contribution in [0.1, 0.15) is 22.3 Å². The fraction of sp³-hybridized carbons (Fsp3) is 0.400. The second-order valence-corrected chi connectivity index (χ2v) is 3.56. The van der Waals surface area contributed by atoms with Crippen LogP contribution >= 0.6 is 23.2 Å². The minimum absolute atomic E-state index is 0.416. The summed E-state index contributed by atoms with van der Waals surface area (Å²) < 4.78 is 9.93. The molecule has 0 aromatic heterocycles. The summed E-state index contributed by atoms with van der Waals surface area (Å²) in [6.45, 7) is 0. The van der Waals surface area contributed by atoms with Gasteiger partial charge in [-0.25, -0.2) is 0 Å². The van der Waals surface area contributed by atoms with Gasteiger partial charge in [0.2, 0.25) is 0 Å². The number of hydrogen-bond acceptors (Lipinski definition) is 2. The lowest BCUT2D eigenvalue weighted by atomic mass is 10.1. The fourth-order valence-corrected chi connectivity index (χ4v) is 1.36. The first-order valence-electron chi connectivity index (χ1n) is 4.12. The molecule has 0 saturated heterocycles. The van der Waals surface area contributed by atoms with Crippen molar-refractivity contribution >= 4 is 23.2 Å². The third-order valence-corrected chi connectivity index (χ3v) is 2.73. The predicted molar refractivity (Wildman–Crippen MR) is 57.6 cm³/mol. The van der Waals surface area contributed by atoms with Crippen molar-refractivity contribution in [1.29, 1.82) is 0 Å². The van der Waals surface area contributed by atoms with Crippen molar-refractivity contribution in [2.45, 2.75) is 11.1 Å². The molecule has 0 amide bonds. The molecule has 0 radical (unpaired) electrons. The summed E-state index contributed by atoms with van der Waals surface area (Å²) in [5, 5.41) is 0. The molecule has 0 bridgehead atoms. The molecule has 0 aliphatic heterocycles. The van der Waals surface area contributed by atoms with Crippen molar-refractivity contribution in [3.05, 3.63) is 35.4 Å². The van der Waals surface area contributed by atoms with Crippen LogP contribution in [0.3, 0.4) is 0 Å². The molecule has 2 atom stereocenters. The van der Waals surface area contributed by atoms with Gasteiger partial charge in [0, 0.05) is 14.2 Å². The number of ether oxygens (including phenoxy) is 2. The summed E-state index contributed by atoms with van der Waals surface area (Å²) in [4.78, 5) is 0. The van der Waals surface area contributed by atoms with Crippen LogP contribution in [0.25, 0.3) is 0 Å². The van der Waals surface area contributed by atoms with Gasteiger partial charge in [-0.15, -0.1) is 0 Å². The Morgan fingerprint density at radius 3 is 1.36 bits per heavy atom. The number of alkyl halides is 2. The Kier molecular flexibility index (Phi) is 4.69. The van der Waals surface area contributed by atoms with E-state index in [1.807, 2.05) is 24.3 Å². The van der Waals surface area contributed by atoms with Crippen LogP contribution in [0.2, 0.25) is 0 Å². The molecule has 2 nitrogen and oxygen atoms in total. The van der Waals surface area contributed by atoms with Gasteiger partial charge in [0.15, 0.2) is 11.1 Å². The maximum absolute atomic E-state index is 5.87. The SMILES string of the molecule is COC(Cl)c1ccc(C(Cl)OC)cc1. The predicted octanol–water partition coefficient (Wildman–Crippen LogP) is 3.45. The van der Waals surface area contributed by atoms with Gasteiger partial charge in [-0.3, -0.25) is 0 Å². The van der Waals surface area contributed by atoms with E-state index in [2.05, 4.69) is 0 Å². The Labute approximate surface area is 93.7 Å². The van der Waals surface area contributed by atoms with Gasteiger partial charge in [-0.2, -0.15) is 0 Å². The number of benzene rings is 1. The molecule has 78 valence electrons. The topological polar surface area (TPSA) is 18.5 Å². The molecular formula is C10H12Cl2O2. The molecule has 0 N–H and O–H groups in total. The summed E-state index contributed by atoms with van der Waals surface area (Å²) in [7, 11) is 3.12. The van der Waals surface area contributed by atoms with Crippen LogP contribution in [0.15, 0.2) is 24.3 Å². The molecule has 0 aliphatic rings. The lowest BCUT2D eigenvalue weighted by Gasteiger charge is -2.10. The smallest absolute Gasteiger partial charge is 0.156 e. The number of halogens is 2. The molecule has 0 fully saturated rings. The van der Waals surface area contributed by atoms with E-state index < -0.39 is 11.1 Å². The van der Waals surface area contributed by atoms with E-state index in [0.29, 0.717) is 0 Å².